The number of aromatic nitrogens is 1. The van der Waals surface area contributed by atoms with E-state index in [1.54, 1.807) is 24.4 Å². The summed E-state index contributed by atoms with van der Waals surface area (Å²) in [6.45, 7) is 1.94. The molecular weight excluding hydrogens is 408 g/mol. The van der Waals surface area contributed by atoms with Gasteiger partial charge in [0.2, 0.25) is 10.0 Å². The van der Waals surface area contributed by atoms with Crippen LogP contribution in [0.3, 0.4) is 0 Å². The fraction of sp³-hybridized carbons (Fsp3) is 0.400. The first-order valence-electron chi connectivity index (χ1n) is 9.58. The van der Waals surface area contributed by atoms with E-state index >= 15 is 0 Å². The van der Waals surface area contributed by atoms with Crippen LogP contribution in [0.1, 0.15) is 10.4 Å². The van der Waals surface area contributed by atoms with E-state index in [0.717, 1.165) is 5.82 Å². The molecule has 2 heterocycles. The first-order valence-corrected chi connectivity index (χ1v) is 11.2. The molecule has 10 heteroatoms. The third kappa shape index (κ3) is 5.39. The number of anilines is 1. The molecule has 9 nitrogen and oxygen atoms in total. The lowest BCUT2D eigenvalue weighted by Gasteiger charge is -2.34. The molecule has 162 valence electrons. The number of pyridine rings is 1. The summed E-state index contributed by atoms with van der Waals surface area (Å²) >= 11 is 0. The van der Waals surface area contributed by atoms with Gasteiger partial charge < -0.3 is 19.7 Å². The van der Waals surface area contributed by atoms with Crippen molar-refractivity contribution in [2.75, 3.05) is 57.6 Å². The average Bonchev–Trinajstić information content (AvgIpc) is 2.79. The number of hydrogen-bond donors (Lipinski definition) is 1. The molecule has 1 amide bonds. The molecular formula is C20H26N4O5S. The molecule has 0 bridgehead atoms. The molecule has 3 rings (SSSR count). The highest BCUT2D eigenvalue weighted by Gasteiger charge is 2.27. The van der Waals surface area contributed by atoms with Crippen LogP contribution in [0.4, 0.5) is 5.82 Å². The number of nitrogens with one attached hydrogen (secondary N) is 1. The second-order valence-corrected chi connectivity index (χ2v) is 8.84. The minimum atomic E-state index is -3.47. The highest BCUT2D eigenvalue weighted by molar-refractivity contribution is 7.89. The molecule has 1 aromatic carbocycles. The fourth-order valence-electron chi connectivity index (χ4n) is 3.20. The van der Waals surface area contributed by atoms with E-state index in [1.165, 1.54) is 18.5 Å². The minimum Gasteiger partial charge on any atom is -0.497 e. The average molecular weight is 435 g/mol. The Balaban J connectivity index is 1.51. The number of piperazine rings is 1. The van der Waals surface area contributed by atoms with Gasteiger partial charge in [0.1, 0.15) is 17.3 Å². The van der Waals surface area contributed by atoms with E-state index < -0.39 is 10.0 Å². The van der Waals surface area contributed by atoms with E-state index in [4.69, 9.17) is 9.47 Å². The first kappa shape index (κ1) is 21.8. The van der Waals surface area contributed by atoms with E-state index in [9.17, 15) is 13.2 Å². The monoisotopic (exact) mass is 434 g/mol. The van der Waals surface area contributed by atoms with E-state index in [-0.39, 0.29) is 18.2 Å². The zero-order valence-electron chi connectivity index (χ0n) is 17.1. The van der Waals surface area contributed by atoms with Gasteiger partial charge in [0, 0.05) is 50.6 Å². The third-order valence-electron chi connectivity index (χ3n) is 4.86. The van der Waals surface area contributed by atoms with Crippen LogP contribution in [-0.2, 0) is 10.0 Å². The summed E-state index contributed by atoms with van der Waals surface area (Å²) in [6.07, 6.45) is 1.72. The summed E-state index contributed by atoms with van der Waals surface area (Å²) in [6, 6.07) is 10.5. The molecule has 1 aliphatic rings. The quantitative estimate of drug-likeness (QED) is 0.661. The molecule has 0 spiro atoms. The van der Waals surface area contributed by atoms with Crippen molar-refractivity contribution >= 4 is 21.7 Å². The maximum atomic E-state index is 12.6. The molecule has 0 saturated carbocycles. The van der Waals surface area contributed by atoms with Crippen LogP contribution in [0.5, 0.6) is 11.5 Å². The number of hydrogen-bond acceptors (Lipinski definition) is 7. The lowest BCUT2D eigenvalue weighted by Crippen LogP contribution is -2.50. The number of rotatable bonds is 8. The van der Waals surface area contributed by atoms with Gasteiger partial charge in [-0.2, -0.15) is 4.31 Å². The summed E-state index contributed by atoms with van der Waals surface area (Å²) < 4.78 is 37.1. The summed E-state index contributed by atoms with van der Waals surface area (Å²) in [5.74, 6) is 1.26. The van der Waals surface area contributed by atoms with Gasteiger partial charge in [-0.3, -0.25) is 4.79 Å². The molecule has 0 aliphatic carbocycles. The predicted molar refractivity (Wildman–Crippen MR) is 114 cm³/mol. The number of nitrogens with zero attached hydrogens (tertiary/aromatic N) is 3. The Kier molecular flexibility index (Phi) is 7.11. The van der Waals surface area contributed by atoms with Crippen molar-refractivity contribution in [2.45, 2.75) is 0 Å². The van der Waals surface area contributed by atoms with Crippen LogP contribution in [0, 0.1) is 0 Å². The van der Waals surface area contributed by atoms with Crippen LogP contribution in [0.25, 0.3) is 0 Å². The van der Waals surface area contributed by atoms with Gasteiger partial charge in [0.25, 0.3) is 5.91 Å². The first-order chi connectivity index (χ1) is 14.4. The summed E-state index contributed by atoms with van der Waals surface area (Å²) in [5.41, 5.74) is 0.340. The van der Waals surface area contributed by atoms with E-state index in [0.29, 0.717) is 43.2 Å². The lowest BCUT2D eigenvalue weighted by molar-refractivity contribution is 0.0955. The Morgan fingerprint density at radius 2 is 1.73 bits per heavy atom. The molecule has 0 atom stereocenters. The van der Waals surface area contributed by atoms with Crippen molar-refractivity contribution in [1.82, 2.24) is 14.6 Å². The summed E-state index contributed by atoms with van der Waals surface area (Å²) in [4.78, 5) is 18.8. The Morgan fingerprint density at radius 1 is 1.07 bits per heavy atom. The van der Waals surface area contributed by atoms with E-state index in [1.807, 2.05) is 18.2 Å². The largest absolute Gasteiger partial charge is 0.497 e. The van der Waals surface area contributed by atoms with Crippen molar-refractivity contribution in [1.29, 1.82) is 0 Å². The Bertz CT molecular complexity index is 938. The number of ether oxygens (including phenoxy) is 2. The number of methoxy groups -OCH3 is 2. The van der Waals surface area contributed by atoms with Crippen molar-refractivity contribution in [3.05, 3.63) is 48.2 Å². The fourth-order valence-corrected chi connectivity index (χ4v) is 4.54. The van der Waals surface area contributed by atoms with Crippen molar-refractivity contribution in [3.8, 4) is 11.5 Å². The van der Waals surface area contributed by atoms with Gasteiger partial charge in [0.05, 0.1) is 20.0 Å². The maximum Gasteiger partial charge on any atom is 0.251 e. The van der Waals surface area contributed by atoms with Gasteiger partial charge in [-0.25, -0.2) is 13.4 Å². The summed E-state index contributed by atoms with van der Waals surface area (Å²) in [5, 5.41) is 2.66. The molecule has 1 aromatic heterocycles. The number of sulfonamides is 1. The zero-order valence-corrected chi connectivity index (χ0v) is 17.9. The lowest BCUT2D eigenvalue weighted by atomic mass is 10.2. The Morgan fingerprint density at radius 3 is 2.30 bits per heavy atom. The highest BCUT2D eigenvalue weighted by atomic mass is 32.2. The maximum absolute atomic E-state index is 12.6. The van der Waals surface area contributed by atoms with Gasteiger partial charge in [0.15, 0.2) is 0 Å². The molecule has 0 radical (unpaired) electrons. The van der Waals surface area contributed by atoms with Gasteiger partial charge in [-0.05, 0) is 24.3 Å². The topological polar surface area (TPSA) is 101 Å². The van der Waals surface area contributed by atoms with E-state index in [2.05, 4.69) is 15.2 Å². The van der Waals surface area contributed by atoms with Crippen molar-refractivity contribution < 1.29 is 22.7 Å². The van der Waals surface area contributed by atoms with Gasteiger partial charge in [-0.1, -0.05) is 6.07 Å². The molecule has 1 N–H and O–H groups in total. The van der Waals surface area contributed by atoms with Crippen molar-refractivity contribution in [2.24, 2.45) is 0 Å². The number of amides is 1. The highest BCUT2D eigenvalue weighted by Crippen LogP contribution is 2.22. The smallest absolute Gasteiger partial charge is 0.251 e. The zero-order chi connectivity index (χ0) is 21.6. The molecule has 2 aromatic rings. The van der Waals surface area contributed by atoms with Gasteiger partial charge >= 0.3 is 0 Å². The van der Waals surface area contributed by atoms with Crippen LogP contribution in [0.15, 0.2) is 42.6 Å². The van der Waals surface area contributed by atoms with Crippen LogP contribution < -0.4 is 19.7 Å². The second-order valence-electron chi connectivity index (χ2n) is 6.75. The predicted octanol–water partition coefficient (Wildman–Crippen LogP) is 0.981. The number of benzene rings is 1. The third-order valence-corrected chi connectivity index (χ3v) is 6.74. The Labute approximate surface area is 176 Å². The molecule has 0 unspecified atom stereocenters. The van der Waals surface area contributed by atoms with Crippen LogP contribution in [0.2, 0.25) is 0 Å². The number of carbonyl (C=O) groups is 1. The molecule has 30 heavy (non-hydrogen) atoms. The standard InChI is InChI=1S/C20H26N4O5S/c1-28-17-13-16(14-18(15-17)29-2)20(25)22-7-12-30(26,27)24-10-8-23(9-11-24)19-5-3-4-6-21-19/h3-6,13-15H,7-12H2,1-2H3,(H,22,25). The van der Waals surface area contributed by atoms with Crippen LogP contribution >= 0.6 is 0 Å². The summed E-state index contributed by atoms with van der Waals surface area (Å²) in [7, 11) is -0.477. The SMILES string of the molecule is COc1cc(OC)cc(C(=O)NCCS(=O)(=O)N2CCN(c3ccccn3)CC2)c1. The number of carbonyl (C=O) groups excluding carboxylic acids is 1. The molecule has 1 saturated heterocycles. The normalized spacial score (nSPS) is 14.9. The Hall–Kier alpha value is -2.85. The van der Waals surface area contributed by atoms with Gasteiger partial charge in [-0.15, -0.1) is 0 Å². The molecule has 1 aliphatic heterocycles. The molecule has 1 fully saturated rings. The second kappa shape index (κ2) is 9.77. The minimum absolute atomic E-state index is 0.0150. The van der Waals surface area contributed by atoms with Crippen LogP contribution in [-0.4, -0.2) is 76.3 Å². The van der Waals surface area contributed by atoms with Crippen molar-refractivity contribution in [3.63, 3.8) is 0 Å².